The van der Waals surface area contributed by atoms with Gasteiger partial charge in [0.15, 0.2) is 11.5 Å². The molecular weight excluding hydrogens is 466 g/mol. The molecule has 1 atom stereocenters. The van der Waals surface area contributed by atoms with Crippen LogP contribution in [0.4, 0.5) is 8.78 Å². The van der Waals surface area contributed by atoms with Gasteiger partial charge in [-0.2, -0.15) is 0 Å². The number of likely N-dealkylation sites (tertiary alicyclic amines) is 2. The molecule has 0 saturated carbocycles. The number of ether oxygens (including phenoxy) is 2. The lowest BCUT2D eigenvalue weighted by molar-refractivity contribution is -0.127. The molecule has 3 aliphatic heterocycles. The van der Waals surface area contributed by atoms with E-state index >= 15 is 0 Å². The first-order valence-corrected chi connectivity index (χ1v) is 12.7. The van der Waals surface area contributed by atoms with Gasteiger partial charge in [-0.05, 0) is 92.1 Å². The summed E-state index contributed by atoms with van der Waals surface area (Å²) in [5.74, 6) is 0.913. The number of halogens is 2. The summed E-state index contributed by atoms with van der Waals surface area (Å²) < 4.78 is 37.7. The van der Waals surface area contributed by atoms with E-state index in [4.69, 9.17) is 9.47 Å². The molecule has 0 bridgehead atoms. The summed E-state index contributed by atoms with van der Waals surface area (Å²) in [7, 11) is 0. The second kappa shape index (κ2) is 11.0. The fraction of sp³-hybridized carbons (Fsp3) is 0.464. The highest BCUT2D eigenvalue weighted by molar-refractivity contribution is 5.91. The Bertz CT molecular complexity index is 1090. The van der Waals surface area contributed by atoms with Crippen molar-refractivity contribution in [3.05, 3.63) is 65.2 Å². The third-order valence-corrected chi connectivity index (χ3v) is 7.75. The molecule has 2 saturated heterocycles. The van der Waals surface area contributed by atoms with Crippen molar-refractivity contribution in [1.29, 1.82) is 0 Å². The van der Waals surface area contributed by atoms with E-state index in [-0.39, 0.29) is 25.3 Å². The van der Waals surface area contributed by atoms with Crippen LogP contribution in [-0.2, 0) is 4.79 Å². The minimum absolute atomic E-state index is 0.0887. The van der Waals surface area contributed by atoms with Gasteiger partial charge in [0, 0.05) is 31.3 Å². The Morgan fingerprint density at radius 3 is 2.36 bits per heavy atom. The average molecular weight is 499 g/mol. The number of amides is 1. The molecule has 0 aliphatic carbocycles. The van der Waals surface area contributed by atoms with Crippen LogP contribution in [0.3, 0.4) is 0 Å². The molecule has 0 radical (unpaired) electrons. The van der Waals surface area contributed by atoms with Gasteiger partial charge in [0.25, 0.3) is 0 Å². The smallest absolute Gasteiger partial charge is 0.246 e. The van der Waals surface area contributed by atoms with E-state index in [1.165, 1.54) is 29.8 Å². The minimum atomic E-state index is -0.669. The fourth-order valence-electron chi connectivity index (χ4n) is 5.74. The zero-order valence-corrected chi connectivity index (χ0v) is 20.2. The molecule has 1 amide bonds. The lowest BCUT2D eigenvalue weighted by Crippen LogP contribution is -2.50. The van der Waals surface area contributed by atoms with Crippen molar-refractivity contribution in [2.24, 2.45) is 5.92 Å². The largest absolute Gasteiger partial charge is 0.454 e. The fourth-order valence-corrected chi connectivity index (χ4v) is 5.74. The predicted molar refractivity (Wildman–Crippen MR) is 132 cm³/mol. The maximum absolute atomic E-state index is 13.4. The summed E-state index contributed by atoms with van der Waals surface area (Å²) >= 11 is 0. The second-order valence-electron chi connectivity index (χ2n) is 9.87. The Kier molecular flexibility index (Phi) is 7.53. The van der Waals surface area contributed by atoms with E-state index in [1.54, 1.807) is 4.90 Å². The van der Waals surface area contributed by atoms with E-state index in [0.717, 1.165) is 56.3 Å². The average Bonchev–Trinajstić information content (AvgIpc) is 3.36. The van der Waals surface area contributed by atoms with Gasteiger partial charge in [-0.1, -0.05) is 6.07 Å². The second-order valence-corrected chi connectivity index (χ2v) is 9.87. The third kappa shape index (κ3) is 5.55. The van der Waals surface area contributed by atoms with Gasteiger partial charge < -0.3 is 19.5 Å². The molecule has 1 unspecified atom stereocenters. The number of carbonyl (C=O) groups is 1. The molecule has 2 fully saturated rings. The van der Waals surface area contributed by atoms with Crippen LogP contribution in [-0.4, -0.2) is 66.4 Å². The molecular formula is C28H32F2N2O4. The lowest BCUT2D eigenvalue weighted by atomic mass is 9.84. The number of carbonyl (C=O) groups excluding carboxylic acids is 1. The highest BCUT2D eigenvalue weighted by atomic mass is 19.1. The van der Waals surface area contributed by atoms with Crippen LogP contribution in [0.15, 0.2) is 42.5 Å². The van der Waals surface area contributed by atoms with Gasteiger partial charge in [-0.3, -0.25) is 9.69 Å². The Labute approximate surface area is 210 Å². The molecule has 0 aromatic heterocycles. The van der Waals surface area contributed by atoms with Crippen LogP contribution in [0.1, 0.15) is 42.7 Å². The number of benzene rings is 2. The van der Waals surface area contributed by atoms with Crippen molar-refractivity contribution in [3.63, 3.8) is 0 Å². The molecule has 36 heavy (non-hydrogen) atoms. The van der Waals surface area contributed by atoms with Gasteiger partial charge in [0.05, 0.1) is 6.61 Å². The number of aliphatic hydroxyl groups excluding tert-OH is 1. The normalized spacial score (nSPS) is 20.2. The summed E-state index contributed by atoms with van der Waals surface area (Å²) in [6.07, 6.45) is 6.52. The Morgan fingerprint density at radius 2 is 1.67 bits per heavy atom. The van der Waals surface area contributed by atoms with Crippen LogP contribution in [0, 0.1) is 17.6 Å². The molecule has 1 N–H and O–H groups in total. The Morgan fingerprint density at radius 1 is 0.972 bits per heavy atom. The zero-order valence-electron chi connectivity index (χ0n) is 20.2. The number of aliphatic hydroxyl groups is 1. The van der Waals surface area contributed by atoms with Crippen molar-refractivity contribution < 1.29 is 28.2 Å². The van der Waals surface area contributed by atoms with E-state index in [0.29, 0.717) is 30.5 Å². The van der Waals surface area contributed by atoms with Crippen molar-refractivity contribution in [2.75, 3.05) is 39.6 Å². The molecule has 0 spiro atoms. The highest BCUT2D eigenvalue weighted by Gasteiger charge is 2.33. The van der Waals surface area contributed by atoms with Crippen LogP contribution < -0.4 is 9.47 Å². The van der Waals surface area contributed by atoms with Crippen molar-refractivity contribution in [1.82, 2.24) is 9.80 Å². The van der Waals surface area contributed by atoms with E-state index in [1.807, 2.05) is 6.07 Å². The monoisotopic (exact) mass is 498 g/mol. The molecule has 2 aromatic rings. The topological polar surface area (TPSA) is 62.2 Å². The van der Waals surface area contributed by atoms with E-state index in [2.05, 4.69) is 17.0 Å². The molecule has 3 aliphatic rings. The highest BCUT2D eigenvalue weighted by Crippen LogP contribution is 2.38. The summed E-state index contributed by atoms with van der Waals surface area (Å²) in [5.41, 5.74) is 1.60. The number of piperidine rings is 2. The summed E-state index contributed by atoms with van der Waals surface area (Å²) in [5, 5.41) is 10.2. The first kappa shape index (κ1) is 24.7. The van der Waals surface area contributed by atoms with Gasteiger partial charge >= 0.3 is 0 Å². The van der Waals surface area contributed by atoms with Crippen molar-refractivity contribution in [3.8, 4) is 11.5 Å². The maximum Gasteiger partial charge on any atom is 0.246 e. The van der Waals surface area contributed by atoms with Crippen molar-refractivity contribution >= 4 is 12.0 Å². The maximum atomic E-state index is 13.4. The van der Waals surface area contributed by atoms with Crippen LogP contribution in [0.5, 0.6) is 11.5 Å². The minimum Gasteiger partial charge on any atom is -0.454 e. The standard InChI is InChI=1S/C28H32F2N2O4/c29-23-13-19(14-24(30)16-23)1-4-28(34)32-11-7-21(8-12-32)25(17-33)31-9-5-20(6-10-31)22-2-3-26-27(15-22)36-18-35-26/h1-4,13-16,20-21,25,33H,5-12,17-18H2/b4-1+. The van der Waals surface area contributed by atoms with Crippen molar-refractivity contribution in [2.45, 2.75) is 37.6 Å². The third-order valence-electron chi connectivity index (χ3n) is 7.75. The lowest BCUT2D eigenvalue weighted by Gasteiger charge is -2.43. The van der Waals surface area contributed by atoms with Crippen LogP contribution in [0.2, 0.25) is 0 Å². The molecule has 192 valence electrons. The number of nitrogens with zero attached hydrogens (tertiary/aromatic N) is 2. The Hall–Kier alpha value is -2.97. The molecule has 3 heterocycles. The number of rotatable bonds is 6. The number of hydrogen-bond donors (Lipinski definition) is 1. The van der Waals surface area contributed by atoms with Gasteiger partial charge in [0.2, 0.25) is 12.7 Å². The molecule has 8 heteroatoms. The zero-order chi connectivity index (χ0) is 25.1. The number of fused-ring (bicyclic) bond motifs is 1. The van der Waals surface area contributed by atoms with E-state index in [9.17, 15) is 18.7 Å². The van der Waals surface area contributed by atoms with Gasteiger partial charge in [0.1, 0.15) is 11.6 Å². The first-order valence-electron chi connectivity index (χ1n) is 12.7. The summed E-state index contributed by atoms with van der Waals surface area (Å²) in [4.78, 5) is 16.8. The quantitative estimate of drug-likeness (QED) is 0.606. The van der Waals surface area contributed by atoms with Crippen LogP contribution >= 0.6 is 0 Å². The Balaban J connectivity index is 1.12. The first-order chi connectivity index (χ1) is 17.5. The van der Waals surface area contributed by atoms with E-state index < -0.39 is 11.6 Å². The molecule has 5 rings (SSSR count). The number of hydrogen-bond acceptors (Lipinski definition) is 5. The SMILES string of the molecule is O=C(/C=C/c1cc(F)cc(F)c1)N1CCC(C(CO)N2CCC(c3ccc4c(c3)OCO4)CC2)CC1. The molecule has 2 aromatic carbocycles. The summed E-state index contributed by atoms with van der Waals surface area (Å²) in [6, 6.07) is 9.50. The van der Waals surface area contributed by atoms with Gasteiger partial charge in [-0.25, -0.2) is 8.78 Å². The summed E-state index contributed by atoms with van der Waals surface area (Å²) in [6.45, 7) is 3.46. The van der Waals surface area contributed by atoms with Gasteiger partial charge in [-0.15, -0.1) is 0 Å². The predicted octanol–water partition coefficient (Wildman–Crippen LogP) is 4.19. The molecule has 6 nitrogen and oxygen atoms in total. The van der Waals surface area contributed by atoms with Crippen LogP contribution in [0.25, 0.3) is 6.08 Å².